The third kappa shape index (κ3) is 4.08. The maximum absolute atomic E-state index is 12.4. The van der Waals surface area contributed by atoms with Crippen LogP contribution in [0.2, 0.25) is 0 Å². The highest BCUT2D eigenvalue weighted by Crippen LogP contribution is 2.18. The van der Waals surface area contributed by atoms with Crippen LogP contribution in [0.1, 0.15) is 21.5 Å². The maximum Gasteiger partial charge on any atom is 0.193 e. The van der Waals surface area contributed by atoms with Crippen molar-refractivity contribution in [1.29, 1.82) is 0 Å². The second-order valence-electron chi connectivity index (χ2n) is 5.13. The number of ketones is 1. The van der Waals surface area contributed by atoms with Crippen molar-refractivity contribution >= 4 is 21.7 Å². The van der Waals surface area contributed by atoms with Crippen molar-refractivity contribution in [3.05, 3.63) is 100 Å². The van der Waals surface area contributed by atoms with Gasteiger partial charge in [-0.15, -0.1) is 0 Å². The number of carbonyl (C=O) groups is 1. The standard InChI is InChI=1S/C20H15BrO2/c21-18-10-6-16(7-11-18)20(22)17-8-12-19(13-9-17)23-14-15-4-2-1-3-5-15/h1-13H,14H2. The Morgan fingerprint density at radius 2 is 1.35 bits per heavy atom. The van der Waals surface area contributed by atoms with Crippen LogP contribution in [0.3, 0.4) is 0 Å². The number of carbonyl (C=O) groups excluding carboxylic acids is 1. The SMILES string of the molecule is O=C(c1ccc(Br)cc1)c1ccc(OCc2ccccc2)cc1. The Bertz CT molecular complexity index is 778. The molecule has 0 radical (unpaired) electrons. The smallest absolute Gasteiger partial charge is 0.193 e. The van der Waals surface area contributed by atoms with Gasteiger partial charge in [0.2, 0.25) is 0 Å². The van der Waals surface area contributed by atoms with Gasteiger partial charge in [0, 0.05) is 15.6 Å². The molecule has 0 bridgehead atoms. The van der Waals surface area contributed by atoms with Gasteiger partial charge in [-0.3, -0.25) is 4.79 Å². The Balaban J connectivity index is 1.67. The molecule has 0 saturated carbocycles. The fraction of sp³-hybridized carbons (Fsp3) is 0.0500. The highest BCUT2D eigenvalue weighted by Gasteiger charge is 2.08. The van der Waals surface area contributed by atoms with E-state index in [1.807, 2.05) is 66.7 Å². The predicted molar refractivity (Wildman–Crippen MR) is 94.8 cm³/mol. The van der Waals surface area contributed by atoms with E-state index in [1.165, 1.54) is 0 Å². The molecule has 3 heteroatoms. The molecule has 0 aromatic heterocycles. The molecule has 0 amide bonds. The summed E-state index contributed by atoms with van der Waals surface area (Å²) in [6.07, 6.45) is 0. The third-order valence-corrected chi connectivity index (χ3v) is 4.00. The summed E-state index contributed by atoms with van der Waals surface area (Å²) in [7, 11) is 0. The summed E-state index contributed by atoms with van der Waals surface area (Å²) >= 11 is 3.37. The topological polar surface area (TPSA) is 26.3 Å². The molecule has 0 aliphatic carbocycles. The lowest BCUT2D eigenvalue weighted by Gasteiger charge is -2.07. The summed E-state index contributed by atoms with van der Waals surface area (Å²) < 4.78 is 6.69. The zero-order valence-electron chi connectivity index (χ0n) is 12.4. The van der Waals surface area contributed by atoms with E-state index >= 15 is 0 Å². The molecule has 0 saturated heterocycles. The summed E-state index contributed by atoms with van der Waals surface area (Å²) in [6.45, 7) is 0.515. The first-order valence-electron chi connectivity index (χ1n) is 7.29. The average Bonchev–Trinajstić information content (AvgIpc) is 2.61. The van der Waals surface area contributed by atoms with Crippen LogP contribution in [-0.4, -0.2) is 5.78 Å². The second-order valence-corrected chi connectivity index (χ2v) is 6.05. The zero-order chi connectivity index (χ0) is 16.1. The number of ether oxygens (including phenoxy) is 1. The van der Waals surface area contributed by atoms with Gasteiger partial charge < -0.3 is 4.74 Å². The lowest BCUT2D eigenvalue weighted by Crippen LogP contribution is -2.01. The van der Waals surface area contributed by atoms with Crippen molar-refractivity contribution in [2.75, 3.05) is 0 Å². The molecule has 3 aromatic rings. The molecule has 0 heterocycles. The van der Waals surface area contributed by atoms with E-state index in [4.69, 9.17) is 4.74 Å². The Morgan fingerprint density at radius 1 is 0.783 bits per heavy atom. The van der Waals surface area contributed by atoms with Crippen LogP contribution in [0.5, 0.6) is 5.75 Å². The number of hydrogen-bond donors (Lipinski definition) is 0. The Hall–Kier alpha value is -2.39. The predicted octanol–water partition coefficient (Wildman–Crippen LogP) is 5.26. The molecule has 0 unspecified atom stereocenters. The molecule has 3 aromatic carbocycles. The largest absolute Gasteiger partial charge is 0.489 e. The summed E-state index contributed by atoms with van der Waals surface area (Å²) in [6, 6.07) is 24.6. The van der Waals surface area contributed by atoms with Gasteiger partial charge >= 0.3 is 0 Å². The van der Waals surface area contributed by atoms with E-state index in [0.29, 0.717) is 17.7 Å². The summed E-state index contributed by atoms with van der Waals surface area (Å²) in [5, 5.41) is 0. The van der Waals surface area contributed by atoms with Crippen LogP contribution in [0.25, 0.3) is 0 Å². The molecule has 0 spiro atoms. The first-order chi connectivity index (χ1) is 11.2. The number of halogens is 1. The minimum Gasteiger partial charge on any atom is -0.489 e. The first-order valence-corrected chi connectivity index (χ1v) is 8.09. The lowest BCUT2D eigenvalue weighted by atomic mass is 10.0. The normalized spacial score (nSPS) is 10.3. The zero-order valence-corrected chi connectivity index (χ0v) is 14.0. The third-order valence-electron chi connectivity index (χ3n) is 3.47. The Kier molecular flexibility index (Phi) is 4.89. The van der Waals surface area contributed by atoms with E-state index in [-0.39, 0.29) is 5.78 Å². The van der Waals surface area contributed by atoms with Crippen molar-refractivity contribution in [2.24, 2.45) is 0 Å². The molecule has 3 rings (SSSR count). The Morgan fingerprint density at radius 3 is 1.96 bits per heavy atom. The molecular formula is C20H15BrO2. The minimum atomic E-state index is 0.00658. The van der Waals surface area contributed by atoms with Crippen LogP contribution in [0, 0.1) is 0 Å². The van der Waals surface area contributed by atoms with E-state index < -0.39 is 0 Å². The molecule has 2 nitrogen and oxygen atoms in total. The van der Waals surface area contributed by atoms with Crippen LogP contribution >= 0.6 is 15.9 Å². The van der Waals surface area contributed by atoms with Gasteiger partial charge in [-0.05, 0) is 54.1 Å². The van der Waals surface area contributed by atoms with E-state index in [9.17, 15) is 4.79 Å². The van der Waals surface area contributed by atoms with Gasteiger partial charge in [0.25, 0.3) is 0 Å². The molecule has 0 aliphatic heterocycles. The van der Waals surface area contributed by atoms with E-state index in [1.54, 1.807) is 12.1 Å². The highest BCUT2D eigenvalue weighted by molar-refractivity contribution is 9.10. The summed E-state index contributed by atoms with van der Waals surface area (Å²) in [4.78, 5) is 12.4. The number of benzene rings is 3. The number of rotatable bonds is 5. The van der Waals surface area contributed by atoms with Crippen molar-refractivity contribution < 1.29 is 9.53 Å². The van der Waals surface area contributed by atoms with Gasteiger partial charge in [-0.1, -0.05) is 46.3 Å². The summed E-state index contributed by atoms with van der Waals surface area (Å²) in [5.74, 6) is 0.758. The van der Waals surface area contributed by atoms with Crippen LogP contribution in [0.15, 0.2) is 83.3 Å². The molecule has 0 aliphatic rings. The van der Waals surface area contributed by atoms with Crippen molar-refractivity contribution in [3.63, 3.8) is 0 Å². The second kappa shape index (κ2) is 7.25. The van der Waals surface area contributed by atoms with Gasteiger partial charge in [0.15, 0.2) is 5.78 Å². The Labute approximate surface area is 143 Å². The minimum absolute atomic E-state index is 0.00658. The van der Waals surface area contributed by atoms with Gasteiger partial charge in [-0.2, -0.15) is 0 Å². The van der Waals surface area contributed by atoms with Gasteiger partial charge in [-0.25, -0.2) is 0 Å². The quantitative estimate of drug-likeness (QED) is 0.575. The van der Waals surface area contributed by atoms with Crippen LogP contribution < -0.4 is 4.74 Å². The molecule has 23 heavy (non-hydrogen) atoms. The average molecular weight is 367 g/mol. The van der Waals surface area contributed by atoms with Crippen molar-refractivity contribution in [2.45, 2.75) is 6.61 Å². The molecular weight excluding hydrogens is 352 g/mol. The van der Waals surface area contributed by atoms with E-state index in [0.717, 1.165) is 15.8 Å². The van der Waals surface area contributed by atoms with Crippen molar-refractivity contribution in [1.82, 2.24) is 0 Å². The molecule has 0 atom stereocenters. The summed E-state index contributed by atoms with van der Waals surface area (Å²) in [5.41, 5.74) is 2.44. The van der Waals surface area contributed by atoms with Crippen LogP contribution in [0.4, 0.5) is 0 Å². The van der Waals surface area contributed by atoms with Gasteiger partial charge in [0.05, 0.1) is 0 Å². The van der Waals surface area contributed by atoms with Crippen molar-refractivity contribution in [3.8, 4) is 5.75 Å². The monoisotopic (exact) mass is 366 g/mol. The number of hydrogen-bond acceptors (Lipinski definition) is 2. The maximum atomic E-state index is 12.4. The molecule has 0 fully saturated rings. The van der Waals surface area contributed by atoms with E-state index in [2.05, 4.69) is 15.9 Å². The first kappa shape index (κ1) is 15.5. The fourth-order valence-corrected chi connectivity index (χ4v) is 2.48. The van der Waals surface area contributed by atoms with Crippen LogP contribution in [-0.2, 0) is 6.61 Å². The van der Waals surface area contributed by atoms with Gasteiger partial charge in [0.1, 0.15) is 12.4 Å². The molecule has 114 valence electrons. The fourth-order valence-electron chi connectivity index (χ4n) is 2.21. The lowest BCUT2D eigenvalue weighted by molar-refractivity contribution is 0.103. The highest BCUT2D eigenvalue weighted by atomic mass is 79.9. The molecule has 0 N–H and O–H groups in total.